The Kier molecular flexibility index (Phi) is 3.52. The van der Waals surface area contributed by atoms with Crippen LogP contribution in [0.4, 0.5) is 0 Å². The number of likely N-dealkylation sites (tertiary alicyclic amines) is 1. The lowest BCUT2D eigenvalue weighted by molar-refractivity contribution is -0.128. The van der Waals surface area contributed by atoms with Gasteiger partial charge in [-0.25, -0.2) is 0 Å². The van der Waals surface area contributed by atoms with E-state index in [0.717, 1.165) is 17.9 Å². The first-order valence-electron chi connectivity index (χ1n) is 5.28. The van der Waals surface area contributed by atoms with Crippen LogP contribution in [0, 0.1) is 0 Å². The first kappa shape index (κ1) is 11.6. The molecule has 0 aliphatic carbocycles. The lowest BCUT2D eigenvalue weighted by Gasteiger charge is -2.41. The fourth-order valence-corrected chi connectivity index (χ4v) is 5.53. The standard InChI is InChI=1S/C10H17NO2S2/c1-11-8(4-5-9(11)12)10(13-2)14-6-3-7-15-10/h8H,3-7H2,1-2H3. The van der Waals surface area contributed by atoms with Gasteiger partial charge >= 0.3 is 0 Å². The quantitative estimate of drug-likeness (QED) is 0.744. The molecule has 2 fully saturated rings. The molecule has 1 atom stereocenters. The van der Waals surface area contributed by atoms with Gasteiger partial charge in [-0.05, 0) is 24.3 Å². The fourth-order valence-electron chi connectivity index (χ4n) is 2.19. The van der Waals surface area contributed by atoms with Crippen LogP contribution in [0.2, 0.25) is 0 Å². The van der Waals surface area contributed by atoms with E-state index >= 15 is 0 Å². The van der Waals surface area contributed by atoms with Gasteiger partial charge in [0.15, 0.2) is 4.27 Å². The lowest BCUT2D eigenvalue weighted by atomic mass is 10.2. The molecule has 0 N–H and O–H groups in total. The Bertz CT molecular complexity index is 254. The van der Waals surface area contributed by atoms with Crippen molar-refractivity contribution < 1.29 is 9.53 Å². The molecule has 2 heterocycles. The highest BCUT2D eigenvalue weighted by atomic mass is 32.2. The number of thioether (sulfide) groups is 2. The van der Waals surface area contributed by atoms with Crippen molar-refractivity contribution >= 4 is 29.4 Å². The van der Waals surface area contributed by atoms with E-state index in [2.05, 4.69) is 0 Å². The maximum absolute atomic E-state index is 11.5. The molecular weight excluding hydrogens is 230 g/mol. The van der Waals surface area contributed by atoms with Crippen LogP contribution in [0.25, 0.3) is 0 Å². The molecule has 2 aliphatic heterocycles. The molecule has 1 unspecified atom stereocenters. The molecule has 0 bridgehead atoms. The summed E-state index contributed by atoms with van der Waals surface area (Å²) in [6.07, 6.45) is 2.85. The Labute approximate surface area is 99.3 Å². The number of carbonyl (C=O) groups excluding carboxylic acids is 1. The Hall–Kier alpha value is 0.130. The summed E-state index contributed by atoms with van der Waals surface area (Å²) in [5.74, 6) is 2.53. The van der Waals surface area contributed by atoms with Crippen molar-refractivity contribution in [1.29, 1.82) is 0 Å². The molecule has 0 aromatic rings. The van der Waals surface area contributed by atoms with E-state index < -0.39 is 0 Å². The zero-order chi connectivity index (χ0) is 10.9. The normalized spacial score (nSPS) is 30.9. The molecule has 1 amide bonds. The Morgan fingerprint density at radius 3 is 2.60 bits per heavy atom. The van der Waals surface area contributed by atoms with Gasteiger partial charge in [0.05, 0.1) is 6.04 Å². The van der Waals surface area contributed by atoms with Crippen LogP contribution in [-0.2, 0) is 9.53 Å². The number of rotatable bonds is 2. The molecule has 2 aliphatic rings. The van der Waals surface area contributed by atoms with Crippen LogP contribution in [-0.4, -0.2) is 46.8 Å². The van der Waals surface area contributed by atoms with Crippen molar-refractivity contribution in [3.8, 4) is 0 Å². The molecular formula is C10H17NO2S2. The molecule has 0 aromatic heterocycles. The van der Waals surface area contributed by atoms with E-state index in [9.17, 15) is 4.79 Å². The third kappa shape index (κ3) is 2.01. The van der Waals surface area contributed by atoms with Gasteiger partial charge in [0.25, 0.3) is 0 Å². The van der Waals surface area contributed by atoms with E-state index in [1.165, 1.54) is 6.42 Å². The number of carbonyl (C=O) groups is 1. The summed E-state index contributed by atoms with van der Waals surface area (Å²) in [6.45, 7) is 0. The molecule has 2 rings (SSSR count). The van der Waals surface area contributed by atoms with Crippen LogP contribution in [0.3, 0.4) is 0 Å². The van der Waals surface area contributed by atoms with Gasteiger partial charge in [-0.15, -0.1) is 23.5 Å². The lowest BCUT2D eigenvalue weighted by Crippen LogP contribution is -2.47. The Morgan fingerprint density at radius 1 is 1.47 bits per heavy atom. The number of likely N-dealkylation sites (N-methyl/N-ethyl adjacent to an activating group) is 1. The number of methoxy groups -OCH3 is 1. The van der Waals surface area contributed by atoms with Crippen LogP contribution in [0.1, 0.15) is 19.3 Å². The summed E-state index contributed by atoms with van der Waals surface area (Å²) >= 11 is 3.72. The first-order valence-corrected chi connectivity index (χ1v) is 7.25. The third-order valence-corrected chi connectivity index (χ3v) is 6.46. The van der Waals surface area contributed by atoms with Crippen molar-refractivity contribution in [3.05, 3.63) is 0 Å². The summed E-state index contributed by atoms with van der Waals surface area (Å²) in [5.41, 5.74) is 0. The number of hydrogen-bond acceptors (Lipinski definition) is 4. The average Bonchev–Trinajstić information content (AvgIpc) is 2.61. The van der Waals surface area contributed by atoms with Crippen molar-refractivity contribution in [2.75, 3.05) is 25.7 Å². The highest BCUT2D eigenvalue weighted by Gasteiger charge is 2.47. The van der Waals surface area contributed by atoms with Gasteiger partial charge in [-0.1, -0.05) is 0 Å². The minimum atomic E-state index is -0.209. The molecule has 0 aromatic carbocycles. The second kappa shape index (κ2) is 4.55. The number of ether oxygens (including phenoxy) is 1. The minimum absolute atomic E-state index is 0.209. The summed E-state index contributed by atoms with van der Waals surface area (Å²) in [4.78, 5) is 13.4. The second-order valence-corrected chi connectivity index (χ2v) is 6.78. The Morgan fingerprint density at radius 2 is 2.13 bits per heavy atom. The van der Waals surface area contributed by atoms with Gasteiger partial charge in [-0.2, -0.15) is 0 Å². The van der Waals surface area contributed by atoms with Crippen molar-refractivity contribution in [2.24, 2.45) is 0 Å². The van der Waals surface area contributed by atoms with E-state index in [1.807, 2.05) is 35.5 Å². The topological polar surface area (TPSA) is 29.5 Å². The van der Waals surface area contributed by atoms with Gasteiger partial charge in [0.1, 0.15) is 0 Å². The van der Waals surface area contributed by atoms with Crippen molar-refractivity contribution in [3.63, 3.8) is 0 Å². The van der Waals surface area contributed by atoms with Gasteiger partial charge in [-0.3, -0.25) is 4.79 Å². The number of amides is 1. The van der Waals surface area contributed by atoms with E-state index in [-0.39, 0.29) is 16.2 Å². The largest absolute Gasteiger partial charge is 0.356 e. The molecule has 0 spiro atoms. The molecule has 2 saturated heterocycles. The predicted molar refractivity (Wildman–Crippen MR) is 65.1 cm³/mol. The third-order valence-electron chi connectivity index (χ3n) is 3.08. The zero-order valence-electron chi connectivity index (χ0n) is 9.19. The second-order valence-electron chi connectivity index (χ2n) is 3.92. The summed E-state index contributed by atoms with van der Waals surface area (Å²) < 4.78 is 5.50. The van der Waals surface area contributed by atoms with E-state index in [1.54, 1.807) is 7.11 Å². The SMILES string of the molecule is COC1(C2CCC(=O)N2C)SCCCS1. The molecule has 15 heavy (non-hydrogen) atoms. The van der Waals surface area contributed by atoms with Gasteiger partial charge in [0.2, 0.25) is 5.91 Å². The van der Waals surface area contributed by atoms with Crippen molar-refractivity contribution in [1.82, 2.24) is 4.90 Å². The minimum Gasteiger partial charge on any atom is -0.356 e. The van der Waals surface area contributed by atoms with Crippen LogP contribution < -0.4 is 0 Å². The van der Waals surface area contributed by atoms with Crippen molar-refractivity contribution in [2.45, 2.75) is 29.6 Å². The van der Waals surface area contributed by atoms with E-state index in [0.29, 0.717) is 6.42 Å². The van der Waals surface area contributed by atoms with Gasteiger partial charge in [0, 0.05) is 20.6 Å². The number of hydrogen-bond donors (Lipinski definition) is 0. The molecule has 0 radical (unpaired) electrons. The van der Waals surface area contributed by atoms with Crippen LogP contribution in [0.5, 0.6) is 0 Å². The molecule has 5 heteroatoms. The summed E-state index contributed by atoms with van der Waals surface area (Å²) in [5, 5.41) is 0. The highest BCUT2D eigenvalue weighted by molar-refractivity contribution is 8.18. The predicted octanol–water partition coefficient (Wildman–Crippen LogP) is 1.78. The average molecular weight is 247 g/mol. The molecule has 0 saturated carbocycles. The maximum atomic E-state index is 11.5. The molecule has 86 valence electrons. The number of nitrogens with zero attached hydrogens (tertiary/aromatic N) is 1. The first-order chi connectivity index (χ1) is 7.19. The highest BCUT2D eigenvalue weighted by Crippen LogP contribution is 2.49. The fraction of sp³-hybridized carbons (Fsp3) is 0.900. The zero-order valence-corrected chi connectivity index (χ0v) is 10.8. The maximum Gasteiger partial charge on any atom is 0.222 e. The Balaban J connectivity index is 2.14. The van der Waals surface area contributed by atoms with E-state index in [4.69, 9.17) is 4.74 Å². The van der Waals surface area contributed by atoms with Gasteiger partial charge < -0.3 is 9.64 Å². The smallest absolute Gasteiger partial charge is 0.222 e. The summed E-state index contributed by atoms with van der Waals surface area (Å²) in [6, 6.07) is 0.241. The van der Waals surface area contributed by atoms with Crippen LogP contribution >= 0.6 is 23.5 Å². The van der Waals surface area contributed by atoms with Crippen LogP contribution in [0.15, 0.2) is 0 Å². The monoisotopic (exact) mass is 247 g/mol. The molecule has 3 nitrogen and oxygen atoms in total. The summed E-state index contributed by atoms with van der Waals surface area (Å²) in [7, 11) is 3.67.